The number of hydrogen-bond acceptors (Lipinski definition) is 2. The summed E-state index contributed by atoms with van der Waals surface area (Å²) in [5.74, 6) is 2.50. The first-order chi connectivity index (χ1) is 12.5. The number of hydrogen-bond donors (Lipinski definition) is 2. The van der Waals surface area contributed by atoms with Gasteiger partial charge in [-0.3, -0.25) is 9.59 Å². The Morgan fingerprint density at radius 3 is 2.04 bits per heavy atom. The molecule has 4 nitrogen and oxygen atoms in total. The maximum atomic E-state index is 12.8. The minimum atomic E-state index is -0.109. The zero-order valence-corrected chi connectivity index (χ0v) is 15.9. The number of benzene rings is 1. The first kappa shape index (κ1) is 17.8. The van der Waals surface area contributed by atoms with Crippen LogP contribution in [-0.4, -0.2) is 24.9 Å². The topological polar surface area (TPSA) is 58.2 Å². The van der Waals surface area contributed by atoms with Gasteiger partial charge in [-0.15, -0.1) is 0 Å². The molecule has 26 heavy (non-hydrogen) atoms. The van der Waals surface area contributed by atoms with Gasteiger partial charge in [0.15, 0.2) is 0 Å². The van der Waals surface area contributed by atoms with Gasteiger partial charge in [0, 0.05) is 23.5 Å². The van der Waals surface area contributed by atoms with Crippen molar-refractivity contribution in [3.8, 4) is 0 Å². The van der Waals surface area contributed by atoms with Crippen LogP contribution in [0.25, 0.3) is 0 Å². The van der Waals surface area contributed by atoms with Gasteiger partial charge in [0.2, 0.25) is 11.8 Å². The summed E-state index contributed by atoms with van der Waals surface area (Å²) in [4.78, 5) is 24.8. The van der Waals surface area contributed by atoms with Gasteiger partial charge in [-0.1, -0.05) is 23.7 Å². The van der Waals surface area contributed by atoms with Crippen LogP contribution in [0.15, 0.2) is 24.3 Å². The smallest absolute Gasteiger partial charge is 0.226 e. The van der Waals surface area contributed by atoms with Crippen LogP contribution in [0.4, 0.5) is 0 Å². The molecule has 1 aromatic rings. The van der Waals surface area contributed by atoms with E-state index in [2.05, 4.69) is 10.6 Å². The lowest BCUT2D eigenvalue weighted by Gasteiger charge is -2.55. The van der Waals surface area contributed by atoms with E-state index in [1.54, 1.807) is 12.1 Å². The Balaban J connectivity index is 1.21. The highest BCUT2D eigenvalue weighted by Gasteiger charge is 2.54. The Kier molecular flexibility index (Phi) is 4.96. The summed E-state index contributed by atoms with van der Waals surface area (Å²) < 4.78 is 0. The minimum Gasteiger partial charge on any atom is -0.354 e. The molecule has 0 aromatic heterocycles. The summed E-state index contributed by atoms with van der Waals surface area (Å²) >= 11 is 5.85. The van der Waals surface area contributed by atoms with Crippen LogP contribution in [0.3, 0.4) is 0 Å². The average molecular weight is 375 g/mol. The van der Waals surface area contributed by atoms with E-state index in [0.717, 1.165) is 42.6 Å². The normalized spacial score (nSPS) is 31.7. The molecule has 4 bridgehead atoms. The van der Waals surface area contributed by atoms with Crippen LogP contribution < -0.4 is 10.6 Å². The average Bonchev–Trinajstić information content (AvgIpc) is 2.59. The molecule has 2 N–H and O–H groups in total. The summed E-state index contributed by atoms with van der Waals surface area (Å²) in [6, 6.07) is 7.29. The van der Waals surface area contributed by atoms with E-state index in [4.69, 9.17) is 11.6 Å². The molecule has 0 radical (unpaired) electrons. The molecule has 0 saturated heterocycles. The number of rotatable bonds is 6. The first-order valence-corrected chi connectivity index (χ1v) is 10.2. The van der Waals surface area contributed by atoms with Gasteiger partial charge in [0.1, 0.15) is 0 Å². The van der Waals surface area contributed by atoms with Crippen LogP contribution in [0.2, 0.25) is 5.02 Å². The van der Waals surface area contributed by atoms with E-state index in [1.165, 1.54) is 19.3 Å². The van der Waals surface area contributed by atoms with Crippen molar-refractivity contribution in [1.82, 2.24) is 10.6 Å². The van der Waals surface area contributed by atoms with Gasteiger partial charge in [-0.25, -0.2) is 0 Å². The first-order valence-electron chi connectivity index (χ1n) is 9.82. The fourth-order valence-electron chi connectivity index (χ4n) is 5.80. The molecule has 4 aliphatic rings. The third-order valence-corrected chi connectivity index (χ3v) is 6.78. The predicted molar refractivity (Wildman–Crippen MR) is 102 cm³/mol. The second-order valence-corrected chi connectivity index (χ2v) is 9.04. The van der Waals surface area contributed by atoms with Gasteiger partial charge in [-0.2, -0.15) is 0 Å². The van der Waals surface area contributed by atoms with Crippen molar-refractivity contribution >= 4 is 23.4 Å². The lowest BCUT2D eigenvalue weighted by atomic mass is 9.49. The third kappa shape index (κ3) is 3.75. The molecule has 5 rings (SSSR count). The quantitative estimate of drug-likeness (QED) is 0.750. The summed E-state index contributed by atoms with van der Waals surface area (Å²) in [6.07, 6.45) is 7.59. The van der Waals surface area contributed by atoms with E-state index in [0.29, 0.717) is 24.5 Å². The monoisotopic (exact) mass is 374 g/mol. The molecule has 4 aliphatic carbocycles. The summed E-state index contributed by atoms with van der Waals surface area (Å²) in [7, 11) is 0. The Morgan fingerprint density at radius 1 is 0.923 bits per heavy atom. The molecule has 4 fully saturated rings. The molecule has 2 amide bonds. The molecule has 5 heteroatoms. The molecule has 140 valence electrons. The maximum absolute atomic E-state index is 12.8. The van der Waals surface area contributed by atoms with Crippen LogP contribution in [0.5, 0.6) is 0 Å². The molecule has 0 atom stereocenters. The van der Waals surface area contributed by atoms with E-state index >= 15 is 0 Å². The van der Waals surface area contributed by atoms with E-state index < -0.39 is 0 Å². The molecule has 0 aliphatic heterocycles. The molecule has 0 spiro atoms. The van der Waals surface area contributed by atoms with Gasteiger partial charge < -0.3 is 10.6 Å². The van der Waals surface area contributed by atoms with Crippen molar-refractivity contribution < 1.29 is 9.59 Å². The third-order valence-electron chi connectivity index (χ3n) is 6.53. The number of halogens is 1. The SMILES string of the molecule is O=C(Cc1ccc(Cl)cc1)NCCNC(=O)C12CC3CC(CC(C3)C1)C2. The zero-order chi connectivity index (χ0) is 18.1. The van der Waals surface area contributed by atoms with Crippen molar-refractivity contribution in [3.63, 3.8) is 0 Å². The fraction of sp³-hybridized carbons (Fsp3) is 0.619. The number of carbonyl (C=O) groups excluding carboxylic acids is 2. The highest BCUT2D eigenvalue weighted by molar-refractivity contribution is 6.30. The van der Waals surface area contributed by atoms with Crippen molar-refractivity contribution in [3.05, 3.63) is 34.9 Å². The Hall–Kier alpha value is -1.55. The van der Waals surface area contributed by atoms with Gasteiger partial charge in [-0.05, 0) is 74.0 Å². The second-order valence-electron chi connectivity index (χ2n) is 8.61. The molecular weight excluding hydrogens is 348 g/mol. The Morgan fingerprint density at radius 2 is 1.46 bits per heavy atom. The number of carbonyl (C=O) groups is 2. The van der Waals surface area contributed by atoms with Crippen LogP contribution in [0, 0.1) is 23.2 Å². The standard InChI is InChI=1S/C21H27ClN2O2/c22-18-3-1-14(2-4-18)10-19(25)23-5-6-24-20(26)21-11-15-7-16(12-21)9-17(8-15)13-21/h1-4,15-17H,5-13H2,(H,23,25)(H,24,26). The van der Waals surface area contributed by atoms with Crippen molar-refractivity contribution in [2.75, 3.05) is 13.1 Å². The van der Waals surface area contributed by atoms with E-state index in [-0.39, 0.29) is 17.2 Å². The van der Waals surface area contributed by atoms with E-state index in [1.807, 2.05) is 12.1 Å². The zero-order valence-electron chi connectivity index (χ0n) is 15.1. The van der Waals surface area contributed by atoms with E-state index in [9.17, 15) is 9.59 Å². The minimum absolute atomic E-state index is 0.0311. The molecule has 1 aromatic carbocycles. The van der Waals surface area contributed by atoms with Crippen LogP contribution in [-0.2, 0) is 16.0 Å². The van der Waals surface area contributed by atoms with Crippen LogP contribution in [0.1, 0.15) is 44.1 Å². The van der Waals surface area contributed by atoms with Crippen molar-refractivity contribution in [2.45, 2.75) is 44.9 Å². The molecule has 0 heterocycles. The van der Waals surface area contributed by atoms with Gasteiger partial charge >= 0.3 is 0 Å². The largest absolute Gasteiger partial charge is 0.354 e. The maximum Gasteiger partial charge on any atom is 0.226 e. The number of nitrogens with one attached hydrogen (secondary N) is 2. The Bertz CT molecular complexity index is 650. The fourth-order valence-corrected chi connectivity index (χ4v) is 5.93. The number of amides is 2. The Labute approximate surface area is 160 Å². The van der Waals surface area contributed by atoms with Crippen molar-refractivity contribution in [1.29, 1.82) is 0 Å². The highest BCUT2D eigenvalue weighted by atomic mass is 35.5. The lowest BCUT2D eigenvalue weighted by Crippen LogP contribution is -2.54. The summed E-state index contributed by atoms with van der Waals surface area (Å²) in [5, 5.41) is 6.65. The predicted octanol–water partition coefficient (Wildman–Crippen LogP) is 3.33. The van der Waals surface area contributed by atoms with Crippen LogP contribution >= 0.6 is 11.6 Å². The molecule has 0 unspecified atom stereocenters. The second kappa shape index (κ2) is 7.22. The lowest BCUT2D eigenvalue weighted by molar-refractivity contribution is -0.146. The van der Waals surface area contributed by atoms with Gasteiger partial charge in [0.05, 0.1) is 6.42 Å². The van der Waals surface area contributed by atoms with Crippen molar-refractivity contribution in [2.24, 2.45) is 23.2 Å². The van der Waals surface area contributed by atoms with Gasteiger partial charge in [0.25, 0.3) is 0 Å². The molecular formula is C21H27ClN2O2. The highest BCUT2D eigenvalue weighted by Crippen LogP contribution is 2.60. The molecule has 4 saturated carbocycles. The summed E-state index contributed by atoms with van der Waals surface area (Å²) in [5.41, 5.74) is 0.826. The summed E-state index contributed by atoms with van der Waals surface area (Å²) in [6.45, 7) is 0.984.